The van der Waals surface area contributed by atoms with Crippen LogP contribution in [-0.2, 0) is 10.0 Å². The first-order valence-corrected chi connectivity index (χ1v) is 9.07. The van der Waals surface area contributed by atoms with Gasteiger partial charge in [-0.2, -0.15) is 16.1 Å². The van der Waals surface area contributed by atoms with Gasteiger partial charge in [-0.25, -0.2) is 12.8 Å². The van der Waals surface area contributed by atoms with Gasteiger partial charge in [0.1, 0.15) is 10.7 Å². The van der Waals surface area contributed by atoms with Crippen LogP contribution >= 0.6 is 11.8 Å². The fourth-order valence-electron chi connectivity index (χ4n) is 1.81. The lowest BCUT2D eigenvalue weighted by molar-refractivity contribution is 0.380. The molecule has 0 radical (unpaired) electrons. The van der Waals surface area contributed by atoms with Gasteiger partial charge in [-0.15, -0.1) is 0 Å². The monoisotopic (exact) mass is 320 g/mol. The Morgan fingerprint density at radius 2 is 2.05 bits per heavy atom. The molecule has 20 heavy (non-hydrogen) atoms. The number of rotatable bonds is 6. The predicted molar refractivity (Wildman–Crippen MR) is 83.0 cm³/mol. The van der Waals surface area contributed by atoms with Gasteiger partial charge in [0.2, 0.25) is 10.0 Å². The van der Waals surface area contributed by atoms with E-state index >= 15 is 0 Å². The van der Waals surface area contributed by atoms with E-state index in [1.54, 1.807) is 11.8 Å². The van der Waals surface area contributed by atoms with Crippen LogP contribution in [0.15, 0.2) is 17.0 Å². The number of benzene rings is 1. The largest absolute Gasteiger partial charge is 0.399 e. The first-order chi connectivity index (χ1) is 9.21. The topological polar surface area (TPSA) is 63.4 Å². The number of sulfonamides is 1. The van der Waals surface area contributed by atoms with Crippen molar-refractivity contribution in [2.75, 3.05) is 24.8 Å². The zero-order valence-corrected chi connectivity index (χ0v) is 13.8. The van der Waals surface area contributed by atoms with Gasteiger partial charge in [0.25, 0.3) is 0 Å². The fourth-order valence-corrected chi connectivity index (χ4v) is 3.95. The normalized spacial score (nSPS) is 13.7. The highest BCUT2D eigenvalue weighted by Crippen LogP contribution is 2.25. The second kappa shape index (κ2) is 6.78. The molecule has 0 aliphatic carbocycles. The molecule has 2 N–H and O–H groups in total. The van der Waals surface area contributed by atoms with Crippen molar-refractivity contribution in [2.45, 2.75) is 31.2 Å². The van der Waals surface area contributed by atoms with Gasteiger partial charge in [0.15, 0.2) is 0 Å². The number of anilines is 1. The molecule has 0 amide bonds. The Hall–Kier alpha value is -0.790. The van der Waals surface area contributed by atoms with Gasteiger partial charge in [0, 0.05) is 18.8 Å². The average molecular weight is 320 g/mol. The van der Waals surface area contributed by atoms with Crippen molar-refractivity contribution in [1.82, 2.24) is 4.31 Å². The molecule has 0 spiro atoms. The minimum atomic E-state index is -3.88. The minimum absolute atomic E-state index is 0.200. The van der Waals surface area contributed by atoms with Gasteiger partial charge in [-0.3, -0.25) is 0 Å². The lowest BCUT2D eigenvalue weighted by atomic mass is 10.2. The number of hydrogen-bond donors (Lipinski definition) is 1. The van der Waals surface area contributed by atoms with Gasteiger partial charge in [-0.05, 0) is 50.0 Å². The van der Waals surface area contributed by atoms with Crippen LogP contribution in [-0.4, -0.2) is 37.8 Å². The Balaban J connectivity index is 3.17. The van der Waals surface area contributed by atoms with Crippen molar-refractivity contribution < 1.29 is 12.8 Å². The second-order valence-electron chi connectivity index (χ2n) is 4.80. The van der Waals surface area contributed by atoms with Crippen LogP contribution in [0, 0.1) is 12.7 Å². The van der Waals surface area contributed by atoms with Crippen LogP contribution in [0.3, 0.4) is 0 Å². The molecular formula is C13H21FN2O2S2. The molecule has 1 aromatic carbocycles. The lowest BCUT2D eigenvalue weighted by Gasteiger charge is -2.24. The highest BCUT2D eigenvalue weighted by molar-refractivity contribution is 7.98. The fraction of sp³-hybridized carbons (Fsp3) is 0.538. The maximum Gasteiger partial charge on any atom is 0.246 e. The molecule has 0 bridgehead atoms. The molecule has 0 fully saturated rings. The summed E-state index contributed by atoms with van der Waals surface area (Å²) in [5.41, 5.74) is 6.10. The summed E-state index contributed by atoms with van der Waals surface area (Å²) in [6.07, 6.45) is 2.67. The first kappa shape index (κ1) is 17.3. The van der Waals surface area contributed by atoms with Gasteiger partial charge < -0.3 is 5.73 Å². The van der Waals surface area contributed by atoms with Crippen molar-refractivity contribution >= 4 is 27.5 Å². The number of thioether (sulfide) groups is 1. The van der Waals surface area contributed by atoms with E-state index in [0.29, 0.717) is 6.42 Å². The molecule has 114 valence electrons. The standard InChI is InChI=1S/C13H21FN2O2S2/c1-9-7-11(15)8-12(13(9)14)20(17,18)16(3)10(2)5-6-19-4/h7-8,10H,5-6,15H2,1-4H3. The predicted octanol–water partition coefficient (Wildman–Crippen LogP) is 2.48. The van der Waals surface area contributed by atoms with Crippen molar-refractivity contribution in [3.63, 3.8) is 0 Å². The molecule has 1 unspecified atom stereocenters. The van der Waals surface area contributed by atoms with E-state index in [9.17, 15) is 12.8 Å². The molecule has 7 heteroatoms. The highest BCUT2D eigenvalue weighted by Gasteiger charge is 2.29. The summed E-state index contributed by atoms with van der Waals surface area (Å²) in [6, 6.07) is 2.40. The summed E-state index contributed by atoms with van der Waals surface area (Å²) >= 11 is 1.65. The van der Waals surface area contributed by atoms with Gasteiger partial charge in [0.05, 0.1) is 0 Å². The van der Waals surface area contributed by atoms with Crippen LogP contribution in [0.2, 0.25) is 0 Å². The van der Waals surface area contributed by atoms with Crippen molar-refractivity contribution in [2.24, 2.45) is 0 Å². The molecule has 1 aromatic rings. The molecule has 1 atom stereocenters. The first-order valence-electron chi connectivity index (χ1n) is 6.24. The third-order valence-electron chi connectivity index (χ3n) is 3.26. The molecule has 0 saturated carbocycles. The average Bonchev–Trinajstić information content (AvgIpc) is 2.38. The van der Waals surface area contributed by atoms with E-state index in [1.807, 2.05) is 13.2 Å². The van der Waals surface area contributed by atoms with Crippen LogP contribution in [0.4, 0.5) is 10.1 Å². The Morgan fingerprint density at radius 3 is 2.60 bits per heavy atom. The van der Waals surface area contributed by atoms with E-state index in [2.05, 4.69) is 0 Å². The Labute approximate surface area is 124 Å². The van der Waals surface area contributed by atoms with Gasteiger partial charge in [-0.1, -0.05) is 0 Å². The zero-order valence-electron chi connectivity index (χ0n) is 12.2. The lowest BCUT2D eigenvalue weighted by Crippen LogP contribution is -2.36. The SMILES string of the molecule is CSCCC(C)N(C)S(=O)(=O)c1cc(N)cc(C)c1F. The molecule has 0 heterocycles. The maximum absolute atomic E-state index is 14.1. The molecule has 0 aliphatic rings. The molecule has 0 aromatic heterocycles. The minimum Gasteiger partial charge on any atom is -0.399 e. The second-order valence-corrected chi connectivity index (χ2v) is 7.75. The Kier molecular flexibility index (Phi) is 5.85. The highest BCUT2D eigenvalue weighted by atomic mass is 32.2. The number of nitrogens with two attached hydrogens (primary N) is 1. The summed E-state index contributed by atoms with van der Waals surface area (Å²) in [7, 11) is -2.40. The summed E-state index contributed by atoms with van der Waals surface area (Å²) in [5, 5.41) is 0. The maximum atomic E-state index is 14.1. The number of aryl methyl sites for hydroxylation is 1. The Bertz CT molecular complexity index is 576. The molecule has 1 rings (SSSR count). The van der Waals surface area contributed by atoms with Crippen molar-refractivity contribution in [1.29, 1.82) is 0 Å². The van der Waals surface area contributed by atoms with Crippen molar-refractivity contribution in [3.8, 4) is 0 Å². The van der Waals surface area contributed by atoms with Gasteiger partial charge >= 0.3 is 0 Å². The third kappa shape index (κ3) is 3.65. The quantitative estimate of drug-likeness (QED) is 0.818. The smallest absolute Gasteiger partial charge is 0.246 e. The van der Waals surface area contributed by atoms with Crippen LogP contribution in [0.25, 0.3) is 0 Å². The van der Waals surface area contributed by atoms with Crippen molar-refractivity contribution in [3.05, 3.63) is 23.5 Å². The Morgan fingerprint density at radius 1 is 1.45 bits per heavy atom. The molecule has 0 saturated heterocycles. The van der Waals surface area contributed by atoms with E-state index in [1.165, 1.54) is 30.4 Å². The zero-order chi connectivity index (χ0) is 15.5. The number of nitrogen functional groups attached to an aromatic ring is 1. The van der Waals surface area contributed by atoms with E-state index in [0.717, 1.165) is 5.75 Å². The summed E-state index contributed by atoms with van der Waals surface area (Å²) in [4.78, 5) is -0.353. The van der Waals surface area contributed by atoms with Crippen LogP contribution in [0.1, 0.15) is 18.9 Å². The summed E-state index contributed by atoms with van der Waals surface area (Å²) < 4.78 is 40.3. The third-order valence-corrected chi connectivity index (χ3v) is 5.88. The summed E-state index contributed by atoms with van der Waals surface area (Å²) in [6.45, 7) is 3.31. The number of nitrogens with zero attached hydrogens (tertiary/aromatic N) is 1. The van der Waals surface area contributed by atoms with Crippen LogP contribution < -0.4 is 5.73 Å². The van der Waals surface area contributed by atoms with E-state index < -0.39 is 15.8 Å². The molecule has 0 aliphatic heterocycles. The van der Waals surface area contributed by atoms with E-state index in [4.69, 9.17) is 5.73 Å². The number of hydrogen-bond acceptors (Lipinski definition) is 4. The van der Waals surface area contributed by atoms with E-state index in [-0.39, 0.29) is 22.2 Å². The van der Waals surface area contributed by atoms with Crippen LogP contribution in [0.5, 0.6) is 0 Å². The molecule has 4 nitrogen and oxygen atoms in total. The summed E-state index contributed by atoms with van der Waals surface area (Å²) in [5.74, 6) is 0.113. The molecular weight excluding hydrogens is 299 g/mol. The number of halogens is 1.